The van der Waals surface area contributed by atoms with Crippen LogP contribution in [0.15, 0.2) is 39.0 Å². The van der Waals surface area contributed by atoms with Crippen molar-refractivity contribution in [3.05, 3.63) is 29.2 Å². The van der Waals surface area contributed by atoms with Gasteiger partial charge in [-0.05, 0) is 23.6 Å². The zero-order valence-electron chi connectivity index (χ0n) is 11.2. The van der Waals surface area contributed by atoms with E-state index in [0.717, 1.165) is 0 Å². The average Bonchev–Trinajstić information content (AvgIpc) is 2.41. The van der Waals surface area contributed by atoms with Gasteiger partial charge in [0.2, 0.25) is 5.39 Å². The molecule has 0 saturated carbocycles. The Kier molecular flexibility index (Phi) is 4.13. The number of diazo groups is 1. The van der Waals surface area contributed by atoms with E-state index in [9.17, 15) is 29.8 Å². The first-order valence-electron chi connectivity index (χ1n) is 5.64. The Morgan fingerprint density at radius 2 is 1.29 bits per heavy atom. The number of hydrogen-bond donors (Lipinski definition) is 3. The molecule has 24 heavy (non-hydrogen) atoms. The minimum absolute atomic E-state index is 0.391. The molecule has 0 aliphatic heterocycles. The van der Waals surface area contributed by atoms with Gasteiger partial charge >= 0.3 is 15.8 Å². The van der Waals surface area contributed by atoms with Crippen LogP contribution in [-0.4, -0.2) is 38.9 Å². The van der Waals surface area contributed by atoms with Gasteiger partial charge in [-0.15, -0.1) is 0 Å². The van der Waals surface area contributed by atoms with Gasteiger partial charge in [0.25, 0.3) is 20.2 Å². The summed E-state index contributed by atoms with van der Waals surface area (Å²) in [5.74, 6) is 0. The summed E-state index contributed by atoms with van der Waals surface area (Å²) in [6.07, 6.45) is 0. The van der Waals surface area contributed by atoms with Gasteiger partial charge in [0.05, 0.1) is 4.90 Å². The highest BCUT2D eigenvalue weighted by Crippen LogP contribution is 2.35. The van der Waals surface area contributed by atoms with Gasteiger partial charge < -0.3 is 0 Å². The third-order valence-electron chi connectivity index (χ3n) is 2.93. The molecular weight excluding hydrogens is 388 g/mol. The fourth-order valence-electron chi connectivity index (χ4n) is 1.97. The lowest BCUT2D eigenvalue weighted by atomic mass is 10.1. The predicted molar refractivity (Wildman–Crippen MR) is 78.1 cm³/mol. The van der Waals surface area contributed by atoms with E-state index in [1.807, 2.05) is 0 Å². The van der Waals surface area contributed by atoms with Crippen LogP contribution in [0.4, 0.5) is 5.69 Å². The minimum Gasteiger partial charge on any atom is -0.282 e. The molecule has 0 bridgehead atoms. The van der Waals surface area contributed by atoms with Crippen molar-refractivity contribution >= 4 is 46.8 Å². The van der Waals surface area contributed by atoms with Gasteiger partial charge in [0, 0.05) is 11.5 Å². The van der Waals surface area contributed by atoms with Crippen molar-refractivity contribution in [2.45, 2.75) is 14.7 Å². The van der Waals surface area contributed by atoms with Crippen LogP contribution in [0.1, 0.15) is 0 Å². The van der Waals surface area contributed by atoms with Crippen LogP contribution in [0.5, 0.6) is 0 Å². The van der Waals surface area contributed by atoms with Crippen LogP contribution in [0.2, 0.25) is 0 Å². The van der Waals surface area contributed by atoms with Crippen LogP contribution in [-0.2, 0) is 30.4 Å². The van der Waals surface area contributed by atoms with E-state index in [-0.39, 0.29) is 0 Å². The van der Waals surface area contributed by atoms with Crippen LogP contribution < -0.4 is 0 Å². The summed E-state index contributed by atoms with van der Waals surface area (Å²) < 4.78 is 95.1. The third kappa shape index (κ3) is 3.36. The molecule has 0 aliphatic rings. The third-order valence-corrected chi connectivity index (χ3v) is 5.54. The van der Waals surface area contributed by atoms with Crippen molar-refractivity contribution in [2.75, 3.05) is 0 Å². The quantitative estimate of drug-likeness (QED) is 0.500. The number of nitrogens with zero attached hydrogens (tertiary/aromatic N) is 2. The summed E-state index contributed by atoms with van der Waals surface area (Å²) in [4.78, 5) is -0.288. The normalized spacial score (nSPS) is 12.9. The Morgan fingerprint density at radius 1 is 0.750 bits per heavy atom. The monoisotopic (exact) mass is 395 g/mol. The molecule has 0 saturated heterocycles. The largest absolute Gasteiger partial charge is 0.406 e. The van der Waals surface area contributed by atoms with Crippen molar-refractivity contribution in [3.63, 3.8) is 0 Å². The lowest BCUT2D eigenvalue weighted by Crippen LogP contribution is -2.05. The van der Waals surface area contributed by atoms with Crippen LogP contribution in [0, 0.1) is 5.39 Å². The maximum atomic E-state index is 11.4. The molecule has 3 N–H and O–H groups in total. The summed E-state index contributed by atoms with van der Waals surface area (Å²) in [5.41, 5.74) is -0.755. The van der Waals surface area contributed by atoms with Gasteiger partial charge in [-0.3, -0.25) is 13.7 Å². The number of hydrogen-bond acceptors (Lipinski definition) is 7. The molecule has 11 nitrogen and oxygen atoms in total. The van der Waals surface area contributed by atoms with Gasteiger partial charge in [-0.2, -0.15) is 25.3 Å². The molecular formula is C10H7N2O9S3+. The lowest BCUT2D eigenvalue weighted by molar-refractivity contribution is 0.480. The van der Waals surface area contributed by atoms with E-state index >= 15 is 0 Å². The standard InChI is InChI=1S/C10H6N2O9S3/c11-12-8-4-7-5(2-10(8)24(19,20)21)1-6(22(13,14)15)3-9(7)23(16,17)18/h1-4H,(H2-,13,14,15,16,17,18,19,20,21)/p+1. The molecule has 0 unspecified atom stereocenters. The fraction of sp³-hybridized carbons (Fsp3) is 0. The highest BCUT2D eigenvalue weighted by atomic mass is 32.2. The molecule has 0 atom stereocenters. The zero-order valence-corrected chi connectivity index (χ0v) is 13.7. The number of benzene rings is 2. The Bertz CT molecular complexity index is 1220. The molecule has 14 heteroatoms. The van der Waals surface area contributed by atoms with Crippen LogP contribution >= 0.6 is 0 Å². The molecule has 128 valence electrons. The first-order valence-corrected chi connectivity index (χ1v) is 9.96. The SMILES string of the molecule is N#[N+]c1cc2c(S(=O)(=O)O)cc(S(=O)(=O)O)cc2cc1S(=O)(=O)O. The molecule has 0 radical (unpaired) electrons. The van der Waals surface area contributed by atoms with E-state index < -0.39 is 61.5 Å². The van der Waals surface area contributed by atoms with Crippen molar-refractivity contribution in [2.24, 2.45) is 0 Å². The van der Waals surface area contributed by atoms with Crippen molar-refractivity contribution in [3.8, 4) is 0 Å². The molecule has 0 amide bonds. The lowest BCUT2D eigenvalue weighted by Gasteiger charge is -2.07. The summed E-state index contributed by atoms with van der Waals surface area (Å²) in [7, 11) is -14.8. The van der Waals surface area contributed by atoms with Crippen molar-refractivity contribution in [1.29, 1.82) is 5.39 Å². The molecule has 0 fully saturated rings. The Balaban J connectivity index is 3.15. The second-order valence-corrected chi connectivity index (χ2v) is 8.69. The van der Waals surface area contributed by atoms with E-state index in [2.05, 4.69) is 4.98 Å². The first kappa shape index (κ1) is 18.2. The maximum absolute atomic E-state index is 11.4. The summed E-state index contributed by atoms with van der Waals surface area (Å²) in [5, 5.41) is 8.02. The molecule has 0 spiro atoms. The number of rotatable bonds is 3. The fourth-order valence-corrected chi connectivity index (χ4v) is 3.95. The van der Waals surface area contributed by atoms with Gasteiger partial charge in [0.1, 0.15) is 4.90 Å². The highest BCUT2D eigenvalue weighted by Gasteiger charge is 2.29. The first-order chi connectivity index (χ1) is 10.7. The second-order valence-electron chi connectivity index (χ2n) is 4.49. The molecule has 0 aliphatic carbocycles. The minimum atomic E-state index is -5.00. The van der Waals surface area contributed by atoms with E-state index in [4.69, 9.17) is 14.5 Å². The van der Waals surface area contributed by atoms with E-state index in [0.29, 0.717) is 24.3 Å². The van der Waals surface area contributed by atoms with Crippen molar-refractivity contribution < 1.29 is 38.9 Å². The van der Waals surface area contributed by atoms with Crippen molar-refractivity contribution in [1.82, 2.24) is 0 Å². The van der Waals surface area contributed by atoms with Crippen LogP contribution in [0.25, 0.3) is 15.7 Å². The van der Waals surface area contributed by atoms with Crippen LogP contribution in [0.3, 0.4) is 0 Å². The maximum Gasteiger partial charge on any atom is 0.406 e. The summed E-state index contributed by atoms with van der Waals surface area (Å²) in [6, 6.07) is 2.44. The molecule has 0 heterocycles. The zero-order chi connectivity index (χ0) is 18.5. The van der Waals surface area contributed by atoms with Gasteiger partial charge in [-0.25, -0.2) is 0 Å². The summed E-state index contributed by atoms with van der Waals surface area (Å²) >= 11 is 0. The molecule has 2 aromatic rings. The average molecular weight is 395 g/mol. The Labute approximate surface area is 135 Å². The number of fused-ring (bicyclic) bond motifs is 1. The van der Waals surface area contributed by atoms with Gasteiger partial charge in [-0.1, -0.05) is 0 Å². The Hall–Kier alpha value is -2.15. The van der Waals surface area contributed by atoms with Gasteiger partial charge in [0.15, 0.2) is 9.87 Å². The molecule has 2 aromatic carbocycles. The van der Waals surface area contributed by atoms with E-state index in [1.165, 1.54) is 0 Å². The molecule has 2 rings (SSSR count). The summed E-state index contributed by atoms with van der Waals surface area (Å²) in [6.45, 7) is 0. The van der Waals surface area contributed by atoms with E-state index in [1.54, 1.807) is 0 Å². The molecule has 0 aromatic heterocycles. The Morgan fingerprint density at radius 3 is 1.71 bits per heavy atom. The topological polar surface area (TPSA) is 191 Å². The highest BCUT2D eigenvalue weighted by molar-refractivity contribution is 7.87. The second kappa shape index (κ2) is 5.44. The smallest absolute Gasteiger partial charge is 0.282 e. The predicted octanol–water partition coefficient (Wildman–Crippen LogP) is 1.06.